The Morgan fingerprint density at radius 3 is 2.46 bits per heavy atom. The van der Waals surface area contributed by atoms with Crippen LogP contribution in [-0.2, 0) is 22.3 Å². The molecule has 0 saturated carbocycles. The number of aryl methyl sites for hydroxylation is 2. The molecule has 0 aliphatic carbocycles. The van der Waals surface area contributed by atoms with E-state index in [9.17, 15) is 20.1 Å². The zero-order chi connectivity index (χ0) is 20.1. The lowest BCUT2D eigenvalue weighted by atomic mass is 9.92. The molecule has 3 rings (SSSR count). The molecule has 0 bridgehead atoms. The maximum atomic E-state index is 11.7. The Balaban J connectivity index is 1.71. The van der Waals surface area contributed by atoms with Crippen LogP contribution in [0, 0.1) is 0 Å². The molecule has 28 heavy (non-hydrogen) atoms. The van der Waals surface area contributed by atoms with E-state index >= 15 is 0 Å². The van der Waals surface area contributed by atoms with Crippen LogP contribution in [0.3, 0.4) is 0 Å². The Morgan fingerprint density at radius 1 is 1.11 bits per heavy atom. The van der Waals surface area contributed by atoms with Gasteiger partial charge in [0.2, 0.25) is 0 Å². The van der Waals surface area contributed by atoms with Crippen molar-refractivity contribution in [1.29, 1.82) is 0 Å². The maximum absolute atomic E-state index is 11.7. The first kappa shape index (κ1) is 20.5. The molecule has 0 radical (unpaired) electrons. The Morgan fingerprint density at radius 2 is 1.79 bits per heavy atom. The lowest BCUT2D eigenvalue weighted by Crippen LogP contribution is -2.44. The van der Waals surface area contributed by atoms with Crippen LogP contribution in [0.4, 0.5) is 0 Å². The molecule has 6 heteroatoms. The first-order valence-corrected chi connectivity index (χ1v) is 9.40. The molecule has 1 heterocycles. The van der Waals surface area contributed by atoms with E-state index in [1.807, 2.05) is 42.5 Å². The number of benzene rings is 2. The summed E-state index contributed by atoms with van der Waals surface area (Å²) in [5.74, 6) is -0.357. The van der Waals surface area contributed by atoms with Gasteiger partial charge in [-0.3, -0.25) is 0 Å². The van der Waals surface area contributed by atoms with Crippen LogP contribution >= 0.6 is 0 Å². The molecule has 3 N–H and O–H groups in total. The Labute approximate surface area is 164 Å². The van der Waals surface area contributed by atoms with Crippen molar-refractivity contribution in [2.75, 3.05) is 13.7 Å². The molecule has 1 fully saturated rings. The fourth-order valence-corrected chi connectivity index (χ4v) is 3.53. The highest BCUT2D eigenvalue weighted by Crippen LogP contribution is 2.32. The van der Waals surface area contributed by atoms with Gasteiger partial charge in [0, 0.05) is 6.42 Å². The molecule has 1 aliphatic heterocycles. The Bertz CT molecular complexity index is 805. The highest BCUT2D eigenvalue weighted by molar-refractivity contribution is 5.89. The molecule has 2 aromatic rings. The number of aliphatic hydroxyl groups is 3. The second-order valence-corrected chi connectivity index (χ2v) is 7.09. The van der Waals surface area contributed by atoms with Crippen molar-refractivity contribution in [2.45, 2.75) is 43.7 Å². The molecular weight excluding hydrogens is 360 g/mol. The molecule has 0 spiro atoms. The minimum Gasteiger partial charge on any atom is -0.465 e. The number of ether oxygens (including phenoxy) is 2. The number of hydrogen-bond donors (Lipinski definition) is 3. The smallest absolute Gasteiger partial charge is 0.337 e. The third-order valence-corrected chi connectivity index (χ3v) is 5.08. The molecule has 0 aromatic heterocycles. The van der Waals surface area contributed by atoms with Crippen LogP contribution in [0.5, 0.6) is 0 Å². The lowest BCUT2D eigenvalue weighted by Gasteiger charge is -2.37. The zero-order valence-electron chi connectivity index (χ0n) is 15.8. The van der Waals surface area contributed by atoms with E-state index in [0.29, 0.717) is 5.56 Å². The predicted molar refractivity (Wildman–Crippen MR) is 103 cm³/mol. The standard InChI is InChI=1S/C22H26O6/c1-27-22(26)17-7-3-5-15(11-17)9-8-14-4-2-6-16(10-14)21-20(25)19(24)12-18(13-23)28-21/h2-7,10-11,18-21,23-25H,8-9,12-13H2,1H3/t18?,19?,20?,21-/m1/s1. The summed E-state index contributed by atoms with van der Waals surface area (Å²) in [5.41, 5.74) is 3.37. The van der Waals surface area contributed by atoms with Crippen molar-refractivity contribution in [2.24, 2.45) is 0 Å². The normalized spacial score (nSPS) is 24.7. The molecule has 2 aromatic carbocycles. The topological polar surface area (TPSA) is 96.2 Å². The molecular formula is C22H26O6. The third-order valence-electron chi connectivity index (χ3n) is 5.08. The monoisotopic (exact) mass is 386 g/mol. The van der Waals surface area contributed by atoms with Gasteiger partial charge in [-0.25, -0.2) is 4.79 Å². The number of methoxy groups -OCH3 is 1. The van der Waals surface area contributed by atoms with E-state index < -0.39 is 24.4 Å². The van der Waals surface area contributed by atoms with Crippen molar-refractivity contribution in [3.05, 3.63) is 70.8 Å². The van der Waals surface area contributed by atoms with E-state index in [2.05, 4.69) is 0 Å². The van der Waals surface area contributed by atoms with Gasteiger partial charge in [-0.2, -0.15) is 0 Å². The predicted octanol–water partition coefficient (Wildman–Crippen LogP) is 1.80. The van der Waals surface area contributed by atoms with Crippen LogP contribution in [-0.4, -0.2) is 53.3 Å². The maximum Gasteiger partial charge on any atom is 0.337 e. The average molecular weight is 386 g/mol. The molecule has 1 aliphatic rings. The van der Waals surface area contributed by atoms with Gasteiger partial charge in [-0.1, -0.05) is 36.4 Å². The minimum atomic E-state index is -1.03. The van der Waals surface area contributed by atoms with Crippen molar-refractivity contribution in [3.63, 3.8) is 0 Å². The number of hydrogen-bond acceptors (Lipinski definition) is 6. The molecule has 150 valence electrons. The van der Waals surface area contributed by atoms with Crippen LogP contribution in [0.25, 0.3) is 0 Å². The largest absolute Gasteiger partial charge is 0.465 e. The van der Waals surface area contributed by atoms with Crippen LogP contribution < -0.4 is 0 Å². The molecule has 4 atom stereocenters. The summed E-state index contributed by atoms with van der Waals surface area (Å²) >= 11 is 0. The second-order valence-electron chi connectivity index (χ2n) is 7.09. The van der Waals surface area contributed by atoms with Gasteiger partial charge in [0.25, 0.3) is 0 Å². The summed E-state index contributed by atoms with van der Waals surface area (Å²) in [6.45, 7) is -0.198. The lowest BCUT2D eigenvalue weighted by molar-refractivity contribution is -0.179. The van der Waals surface area contributed by atoms with Crippen molar-refractivity contribution < 1.29 is 29.6 Å². The summed E-state index contributed by atoms with van der Waals surface area (Å²) in [6, 6.07) is 15.0. The second kappa shape index (κ2) is 9.30. The van der Waals surface area contributed by atoms with Crippen LogP contribution in [0.15, 0.2) is 48.5 Å². The van der Waals surface area contributed by atoms with Gasteiger partial charge in [-0.15, -0.1) is 0 Å². The van der Waals surface area contributed by atoms with Gasteiger partial charge in [0.15, 0.2) is 0 Å². The van der Waals surface area contributed by atoms with Crippen molar-refractivity contribution >= 4 is 5.97 Å². The molecule has 1 saturated heterocycles. The quantitative estimate of drug-likeness (QED) is 0.655. The van der Waals surface area contributed by atoms with Crippen LogP contribution in [0.2, 0.25) is 0 Å². The first-order chi connectivity index (χ1) is 13.5. The first-order valence-electron chi connectivity index (χ1n) is 9.40. The third kappa shape index (κ3) is 4.77. The Hall–Kier alpha value is -2.25. The summed E-state index contributed by atoms with van der Waals surface area (Å²) in [6.07, 6.45) is -1.44. The number of rotatable bonds is 6. The van der Waals surface area contributed by atoms with E-state index in [-0.39, 0.29) is 19.0 Å². The highest BCUT2D eigenvalue weighted by Gasteiger charge is 2.37. The summed E-state index contributed by atoms with van der Waals surface area (Å²) in [4.78, 5) is 11.7. The molecule has 6 nitrogen and oxygen atoms in total. The van der Waals surface area contributed by atoms with Crippen molar-refractivity contribution in [3.8, 4) is 0 Å². The SMILES string of the molecule is COC(=O)c1cccc(CCc2cccc([C@H]3OC(CO)CC(O)C3O)c2)c1. The van der Waals surface area contributed by atoms with Gasteiger partial charge in [-0.05, 0) is 41.7 Å². The number of esters is 1. The fourth-order valence-electron chi connectivity index (χ4n) is 3.53. The van der Waals surface area contributed by atoms with Crippen molar-refractivity contribution in [1.82, 2.24) is 0 Å². The van der Waals surface area contributed by atoms with Crippen LogP contribution in [0.1, 0.15) is 39.6 Å². The number of carbonyl (C=O) groups excluding carboxylic acids is 1. The fraction of sp³-hybridized carbons (Fsp3) is 0.409. The zero-order valence-corrected chi connectivity index (χ0v) is 15.8. The van der Waals surface area contributed by atoms with Gasteiger partial charge >= 0.3 is 5.97 Å². The van der Waals surface area contributed by atoms with E-state index in [4.69, 9.17) is 9.47 Å². The molecule has 0 amide bonds. The van der Waals surface area contributed by atoms with E-state index in [1.165, 1.54) is 7.11 Å². The van der Waals surface area contributed by atoms with Gasteiger partial charge < -0.3 is 24.8 Å². The van der Waals surface area contributed by atoms with Gasteiger partial charge in [0.05, 0.1) is 31.5 Å². The number of carbonyl (C=O) groups is 1. The summed E-state index contributed by atoms with van der Waals surface area (Å²) in [7, 11) is 1.36. The number of aliphatic hydroxyl groups excluding tert-OH is 3. The minimum absolute atomic E-state index is 0.198. The average Bonchev–Trinajstić information content (AvgIpc) is 2.73. The van der Waals surface area contributed by atoms with Gasteiger partial charge in [0.1, 0.15) is 12.2 Å². The highest BCUT2D eigenvalue weighted by atomic mass is 16.5. The van der Waals surface area contributed by atoms with E-state index in [1.54, 1.807) is 6.07 Å². The van der Waals surface area contributed by atoms with E-state index in [0.717, 1.165) is 29.5 Å². The summed E-state index contributed by atoms with van der Waals surface area (Å²) < 4.78 is 10.5. The summed E-state index contributed by atoms with van der Waals surface area (Å²) in [5, 5.41) is 29.7. The molecule has 3 unspecified atom stereocenters. The Kier molecular flexibility index (Phi) is 6.80.